The van der Waals surface area contributed by atoms with Gasteiger partial charge in [-0.15, -0.1) is 0 Å². The Morgan fingerprint density at radius 1 is 1.43 bits per heavy atom. The first-order chi connectivity index (χ1) is 13.2. The number of hydrogen-bond acceptors (Lipinski definition) is 8. The lowest BCUT2D eigenvalue weighted by Crippen LogP contribution is -2.53. The molecule has 1 aromatic rings. The van der Waals surface area contributed by atoms with Crippen molar-refractivity contribution in [3.8, 4) is 0 Å². The number of aliphatic hydroxyl groups excluding tert-OH is 2. The van der Waals surface area contributed by atoms with Crippen molar-refractivity contribution in [2.45, 2.75) is 56.6 Å². The zero-order valence-electron chi connectivity index (χ0n) is 15.9. The van der Waals surface area contributed by atoms with Crippen LogP contribution >= 0.6 is 11.6 Å². The van der Waals surface area contributed by atoms with Crippen molar-refractivity contribution < 1.29 is 20.1 Å². The van der Waals surface area contributed by atoms with Gasteiger partial charge in [-0.3, -0.25) is 5.32 Å². The van der Waals surface area contributed by atoms with E-state index in [1.807, 2.05) is 11.8 Å². The number of halogens is 1. The van der Waals surface area contributed by atoms with Crippen molar-refractivity contribution in [3.63, 3.8) is 0 Å². The quantitative estimate of drug-likeness (QED) is 0.407. The third kappa shape index (κ3) is 3.09. The van der Waals surface area contributed by atoms with Crippen LogP contribution in [-0.2, 0) is 4.74 Å². The molecule has 6 atom stereocenters. The summed E-state index contributed by atoms with van der Waals surface area (Å²) in [5.41, 5.74) is 6.87. The van der Waals surface area contributed by atoms with Crippen LogP contribution in [0.25, 0.3) is 0 Å². The van der Waals surface area contributed by atoms with Gasteiger partial charge in [0.15, 0.2) is 6.23 Å². The van der Waals surface area contributed by atoms with Crippen LogP contribution in [0.15, 0.2) is 29.6 Å². The van der Waals surface area contributed by atoms with Crippen LogP contribution in [-0.4, -0.2) is 63.6 Å². The second kappa shape index (κ2) is 7.14. The van der Waals surface area contributed by atoms with Crippen molar-refractivity contribution in [3.05, 3.63) is 45.7 Å². The maximum Gasteiger partial charge on any atom is 0.161 e. The average molecular weight is 411 g/mol. The summed E-state index contributed by atoms with van der Waals surface area (Å²) in [5.74, 6) is 0.823. The molecule has 4 rings (SSSR count). The van der Waals surface area contributed by atoms with Crippen LogP contribution in [0.4, 0.5) is 0 Å². The fourth-order valence-corrected chi connectivity index (χ4v) is 4.40. The minimum atomic E-state index is -1.64. The highest BCUT2D eigenvalue weighted by molar-refractivity contribution is 6.31. The lowest BCUT2D eigenvalue weighted by Gasteiger charge is -2.34. The molecular formula is C19H27ClN4O4. The van der Waals surface area contributed by atoms with Crippen molar-refractivity contribution in [2.24, 2.45) is 5.73 Å². The maximum absolute atomic E-state index is 11.0. The molecule has 3 heterocycles. The van der Waals surface area contributed by atoms with E-state index in [1.165, 1.54) is 6.92 Å². The van der Waals surface area contributed by atoms with Gasteiger partial charge >= 0.3 is 0 Å². The van der Waals surface area contributed by atoms with E-state index in [4.69, 9.17) is 22.1 Å². The first kappa shape index (κ1) is 19.9. The predicted octanol–water partition coefficient (Wildman–Crippen LogP) is -0.129. The van der Waals surface area contributed by atoms with Crippen LogP contribution < -0.4 is 16.4 Å². The molecule has 1 unspecified atom stereocenters. The Hall–Kier alpha value is -1.39. The topological polar surface area (TPSA) is 123 Å². The number of rotatable bonds is 3. The Morgan fingerprint density at radius 3 is 2.89 bits per heavy atom. The number of aryl methyl sites for hydroxylation is 1. The third-order valence-electron chi connectivity index (χ3n) is 6.02. The summed E-state index contributed by atoms with van der Waals surface area (Å²) in [4.78, 5) is 1.88. The first-order valence-corrected chi connectivity index (χ1v) is 9.82. The smallest absolute Gasteiger partial charge is 0.161 e. The summed E-state index contributed by atoms with van der Waals surface area (Å²) in [7, 11) is 0. The molecule has 28 heavy (non-hydrogen) atoms. The highest BCUT2D eigenvalue weighted by atomic mass is 35.5. The molecule has 0 radical (unpaired) electrons. The van der Waals surface area contributed by atoms with Crippen molar-refractivity contribution in [1.82, 2.24) is 15.5 Å². The van der Waals surface area contributed by atoms with Crippen LogP contribution in [0.2, 0.25) is 5.02 Å². The molecule has 0 amide bonds. The van der Waals surface area contributed by atoms with Crippen molar-refractivity contribution in [1.29, 1.82) is 0 Å². The zero-order chi connectivity index (χ0) is 20.2. The lowest BCUT2D eigenvalue weighted by atomic mass is 9.88. The van der Waals surface area contributed by atoms with Gasteiger partial charge in [-0.05, 0) is 37.5 Å². The van der Waals surface area contributed by atoms with E-state index in [-0.39, 0.29) is 6.17 Å². The van der Waals surface area contributed by atoms with Crippen LogP contribution in [0.5, 0.6) is 0 Å². The van der Waals surface area contributed by atoms with Gasteiger partial charge in [-0.1, -0.05) is 23.7 Å². The Bertz CT molecular complexity index is 802. The van der Waals surface area contributed by atoms with Gasteiger partial charge < -0.3 is 36.0 Å². The van der Waals surface area contributed by atoms with Gasteiger partial charge in [-0.25, -0.2) is 0 Å². The number of nitrogens with one attached hydrogen (secondary N) is 2. The summed E-state index contributed by atoms with van der Waals surface area (Å²) >= 11 is 6.07. The van der Waals surface area contributed by atoms with Crippen molar-refractivity contribution >= 4 is 11.6 Å². The number of nitrogens with two attached hydrogens (primary N) is 1. The van der Waals surface area contributed by atoms with Crippen LogP contribution in [0.3, 0.4) is 0 Å². The molecule has 8 nitrogen and oxygen atoms in total. The van der Waals surface area contributed by atoms with E-state index in [1.54, 1.807) is 18.2 Å². The minimum absolute atomic E-state index is 0.251. The van der Waals surface area contributed by atoms with Gasteiger partial charge in [0.05, 0.1) is 12.8 Å². The number of nitrogens with zero attached hydrogens (tertiary/aromatic N) is 1. The van der Waals surface area contributed by atoms with Crippen LogP contribution in [0.1, 0.15) is 30.6 Å². The Labute approximate surface area is 168 Å². The maximum atomic E-state index is 11.0. The molecule has 9 heteroatoms. The Morgan fingerprint density at radius 2 is 2.18 bits per heavy atom. The van der Waals surface area contributed by atoms with E-state index in [9.17, 15) is 15.3 Å². The molecule has 0 aliphatic carbocycles. The molecule has 1 fully saturated rings. The summed E-state index contributed by atoms with van der Waals surface area (Å²) < 4.78 is 6.05. The SMILES string of the molecule is Cc1cc([C@@H](O)[C@H]2O[C@@H](N3CCC4=C3NCNC4N)[C@H](O)[C@]2(C)O)ccc1Cl. The first-order valence-electron chi connectivity index (χ1n) is 9.44. The molecule has 0 spiro atoms. The highest BCUT2D eigenvalue weighted by Gasteiger charge is 2.57. The van der Waals surface area contributed by atoms with Gasteiger partial charge in [-0.2, -0.15) is 0 Å². The molecule has 7 N–H and O–H groups in total. The molecule has 154 valence electrons. The summed E-state index contributed by atoms with van der Waals surface area (Å²) in [6.45, 7) is 4.44. The minimum Gasteiger partial charge on any atom is -0.386 e. The van der Waals surface area contributed by atoms with Gasteiger partial charge in [0.1, 0.15) is 29.7 Å². The number of aliphatic hydroxyl groups is 3. The summed E-state index contributed by atoms with van der Waals surface area (Å²) in [6.07, 6.45) is -3.65. The molecule has 3 aliphatic heterocycles. The van der Waals surface area contributed by atoms with Crippen LogP contribution in [0, 0.1) is 6.92 Å². The van der Waals surface area contributed by atoms with Gasteiger partial charge in [0, 0.05) is 17.1 Å². The summed E-state index contributed by atoms with van der Waals surface area (Å²) in [5, 5.41) is 39.7. The third-order valence-corrected chi connectivity index (χ3v) is 6.44. The molecule has 1 saturated heterocycles. The fraction of sp³-hybridized carbons (Fsp3) is 0.579. The Kier molecular flexibility index (Phi) is 5.08. The van der Waals surface area contributed by atoms with E-state index in [0.717, 1.165) is 23.4 Å². The molecule has 0 saturated carbocycles. The summed E-state index contributed by atoms with van der Waals surface area (Å²) in [6, 6.07) is 5.16. The fourth-order valence-electron chi connectivity index (χ4n) is 4.28. The normalized spacial score (nSPS) is 36.5. The molecule has 3 aliphatic rings. The molecule has 1 aromatic carbocycles. The second-order valence-corrected chi connectivity index (χ2v) is 8.33. The number of hydrogen-bond donors (Lipinski definition) is 6. The number of ether oxygens (including phenoxy) is 1. The zero-order valence-corrected chi connectivity index (χ0v) is 16.6. The standard InChI is InChI=1S/C19H27ClN4O4/c1-9-7-10(3-4-12(9)20)13(25)15-19(2,27)14(26)18(28-15)24-6-5-11-16(21)22-8-23-17(11)24/h3-4,7,13-16,18,22-23,25-27H,5-6,8,21H2,1-2H3/t13-,14+,15-,16?,18-,19+/m1/s1. The van der Waals surface area contributed by atoms with E-state index >= 15 is 0 Å². The Balaban J connectivity index is 1.60. The second-order valence-electron chi connectivity index (χ2n) is 7.92. The molecule has 0 bridgehead atoms. The van der Waals surface area contributed by atoms with Gasteiger partial charge in [0.2, 0.25) is 0 Å². The van der Waals surface area contributed by atoms with E-state index < -0.39 is 30.1 Å². The average Bonchev–Trinajstić information content (AvgIpc) is 3.17. The van der Waals surface area contributed by atoms with Crippen molar-refractivity contribution in [2.75, 3.05) is 13.2 Å². The molecule has 0 aromatic heterocycles. The number of benzene rings is 1. The van der Waals surface area contributed by atoms with Gasteiger partial charge in [0.25, 0.3) is 0 Å². The largest absolute Gasteiger partial charge is 0.386 e. The lowest BCUT2D eigenvalue weighted by molar-refractivity contribution is -0.121. The van der Waals surface area contributed by atoms with E-state index in [0.29, 0.717) is 23.8 Å². The molecular weight excluding hydrogens is 384 g/mol. The van der Waals surface area contributed by atoms with E-state index in [2.05, 4.69) is 10.6 Å². The predicted molar refractivity (Wildman–Crippen MR) is 104 cm³/mol. The highest BCUT2D eigenvalue weighted by Crippen LogP contribution is 2.42. The monoisotopic (exact) mass is 410 g/mol.